The van der Waals surface area contributed by atoms with Crippen LogP contribution in [0, 0.1) is 17.8 Å². The molecule has 2 saturated carbocycles. The molecule has 0 saturated heterocycles. The van der Waals surface area contributed by atoms with Crippen LogP contribution in [-0.2, 0) is 4.79 Å². The zero-order valence-electron chi connectivity index (χ0n) is 11.6. The normalized spacial score (nSPS) is 48.7. The predicted octanol–water partition coefficient (Wildman–Crippen LogP) is 2.07. The molecule has 0 spiro atoms. The highest BCUT2D eigenvalue weighted by molar-refractivity contribution is 5.91. The monoisotopic (exact) mass is 252 g/mol. The Morgan fingerprint density at radius 2 is 1.94 bits per heavy atom. The number of carbonyl (C=O) groups excluding carboxylic acids is 1. The molecule has 2 N–H and O–H groups in total. The van der Waals surface area contributed by atoms with Crippen LogP contribution in [0.4, 0.5) is 0 Å². The Labute approximate surface area is 109 Å². The zero-order valence-corrected chi connectivity index (χ0v) is 11.6. The number of Topliss-reactive ketones (excluding diaryl/α,β-unsaturated/α-hetero) is 1. The van der Waals surface area contributed by atoms with Crippen molar-refractivity contribution < 1.29 is 15.0 Å². The molecule has 102 valence electrons. The Morgan fingerprint density at radius 1 is 1.33 bits per heavy atom. The molecular formula is C15H24O3. The second-order valence-corrected chi connectivity index (χ2v) is 6.54. The van der Waals surface area contributed by atoms with Gasteiger partial charge in [-0.15, -0.1) is 0 Å². The van der Waals surface area contributed by atoms with Crippen LogP contribution in [0.5, 0.6) is 0 Å². The molecule has 0 aromatic rings. The fourth-order valence-electron chi connectivity index (χ4n) is 3.75. The summed E-state index contributed by atoms with van der Waals surface area (Å²) in [6.07, 6.45) is 2.65. The van der Waals surface area contributed by atoms with Crippen LogP contribution >= 0.6 is 0 Å². The maximum absolute atomic E-state index is 12.5. The molecule has 3 nitrogen and oxygen atoms in total. The number of hydrogen-bond donors (Lipinski definition) is 2. The highest BCUT2D eigenvalue weighted by atomic mass is 16.3. The van der Waals surface area contributed by atoms with Gasteiger partial charge < -0.3 is 10.2 Å². The summed E-state index contributed by atoms with van der Waals surface area (Å²) in [6, 6.07) is 0. The highest BCUT2D eigenvalue weighted by Gasteiger charge is 2.58. The van der Waals surface area contributed by atoms with Gasteiger partial charge in [0.2, 0.25) is 0 Å². The number of carbonyl (C=O) groups is 1. The van der Waals surface area contributed by atoms with Gasteiger partial charge >= 0.3 is 0 Å². The molecule has 0 bridgehead atoms. The van der Waals surface area contributed by atoms with Crippen LogP contribution < -0.4 is 0 Å². The van der Waals surface area contributed by atoms with Gasteiger partial charge in [-0.05, 0) is 51.4 Å². The minimum atomic E-state index is -1.29. The third-order valence-corrected chi connectivity index (χ3v) is 5.16. The van der Waals surface area contributed by atoms with Crippen molar-refractivity contribution in [3.05, 3.63) is 12.2 Å². The van der Waals surface area contributed by atoms with Crippen LogP contribution in [-0.4, -0.2) is 27.2 Å². The van der Waals surface area contributed by atoms with Gasteiger partial charge in [0.25, 0.3) is 0 Å². The molecule has 2 aliphatic rings. The lowest BCUT2D eigenvalue weighted by Gasteiger charge is -2.53. The van der Waals surface area contributed by atoms with Gasteiger partial charge in [-0.1, -0.05) is 19.1 Å². The van der Waals surface area contributed by atoms with Gasteiger partial charge in [0.1, 0.15) is 5.60 Å². The molecule has 3 heteroatoms. The minimum Gasteiger partial charge on any atom is -0.389 e. The molecule has 18 heavy (non-hydrogen) atoms. The summed E-state index contributed by atoms with van der Waals surface area (Å²) in [6.45, 7) is 9.46. The lowest BCUT2D eigenvalue weighted by Crippen LogP contribution is -2.62. The number of aliphatic hydroxyl groups is 2. The smallest absolute Gasteiger partial charge is 0.170 e. The molecular weight excluding hydrogens is 228 g/mol. The Bertz CT molecular complexity index is 385. The summed E-state index contributed by atoms with van der Waals surface area (Å²) >= 11 is 0. The molecule has 0 radical (unpaired) electrons. The van der Waals surface area contributed by atoms with Crippen LogP contribution in [0.2, 0.25) is 0 Å². The molecule has 0 aromatic carbocycles. The average Bonchev–Trinajstić information content (AvgIpc) is 2.27. The van der Waals surface area contributed by atoms with Crippen molar-refractivity contribution in [2.24, 2.45) is 17.8 Å². The van der Waals surface area contributed by atoms with Crippen molar-refractivity contribution in [2.45, 2.75) is 57.7 Å². The van der Waals surface area contributed by atoms with Crippen LogP contribution in [0.25, 0.3) is 0 Å². The van der Waals surface area contributed by atoms with E-state index in [2.05, 4.69) is 6.58 Å². The Balaban J connectivity index is 2.43. The van der Waals surface area contributed by atoms with Gasteiger partial charge in [-0.25, -0.2) is 0 Å². The van der Waals surface area contributed by atoms with Crippen molar-refractivity contribution in [1.29, 1.82) is 0 Å². The first-order valence-corrected chi connectivity index (χ1v) is 6.84. The van der Waals surface area contributed by atoms with E-state index in [1.54, 1.807) is 6.92 Å². The third-order valence-electron chi connectivity index (χ3n) is 5.16. The maximum Gasteiger partial charge on any atom is 0.170 e. The largest absolute Gasteiger partial charge is 0.389 e. The topological polar surface area (TPSA) is 57.5 Å². The molecule has 2 aliphatic carbocycles. The molecule has 0 aliphatic heterocycles. The lowest BCUT2D eigenvalue weighted by molar-refractivity contribution is -0.183. The van der Waals surface area contributed by atoms with E-state index in [1.165, 1.54) is 0 Å². The Kier molecular flexibility index (Phi) is 3.19. The minimum absolute atomic E-state index is 0.00507. The first-order chi connectivity index (χ1) is 8.20. The lowest BCUT2D eigenvalue weighted by atomic mass is 9.54. The SMILES string of the molecule is C=C(C)[C@@H]1CC[C@@H](C)[C@]2(O)CC[C@](C)(O)C(=O)[C@@H]12. The highest BCUT2D eigenvalue weighted by Crippen LogP contribution is 2.51. The molecule has 0 amide bonds. The van der Waals surface area contributed by atoms with E-state index in [4.69, 9.17) is 0 Å². The molecule has 2 fully saturated rings. The van der Waals surface area contributed by atoms with E-state index in [-0.39, 0.29) is 17.6 Å². The average molecular weight is 252 g/mol. The molecule has 2 rings (SSSR count). The predicted molar refractivity (Wildman–Crippen MR) is 70.0 cm³/mol. The molecule has 0 heterocycles. The van der Waals surface area contributed by atoms with Crippen LogP contribution in [0.1, 0.15) is 46.5 Å². The summed E-state index contributed by atoms with van der Waals surface area (Å²) in [5.74, 6) is -0.568. The first kappa shape index (κ1) is 13.8. The fraction of sp³-hybridized carbons (Fsp3) is 0.800. The number of ketones is 1. The van der Waals surface area contributed by atoms with E-state index in [0.717, 1.165) is 18.4 Å². The van der Waals surface area contributed by atoms with Crippen molar-refractivity contribution in [3.63, 3.8) is 0 Å². The number of allylic oxidation sites excluding steroid dienone is 1. The Morgan fingerprint density at radius 3 is 2.50 bits per heavy atom. The quantitative estimate of drug-likeness (QED) is 0.702. The summed E-state index contributed by atoms with van der Waals surface area (Å²) in [4.78, 5) is 12.5. The summed E-state index contributed by atoms with van der Waals surface area (Å²) < 4.78 is 0. The standard InChI is InChI=1S/C15H24O3/c1-9(2)11-6-5-10(3)15(18)8-7-14(4,17)13(16)12(11)15/h10-12,17-18H,1,5-8H2,2-4H3/t10-,11+,12-,14+,15-/m1/s1. The molecule has 5 atom stereocenters. The maximum atomic E-state index is 12.5. The van der Waals surface area contributed by atoms with Crippen molar-refractivity contribution in [1.82, 2.24) is 0 Å². The van der Waals surface area contributed by atoms with Crippen LogP contribution in [0.3, 0.4) is 0 Å². The van der Waals surface area contributed by atoms with E-state index in [9.17, 15) is 15.0 Å². The summed E-state index contributed by atoms with van der Waals surface area (Å²) in [5.41, 5.74) is -1.31. The molecule has 0 unspecified atom stereocenters. The van der Waals surface area contributed by atoms with Gasteiger partial charge in [-0.3, -0.25) is 4.79 Å². The van der Waals surface area contributed by atoms with Crippen molar-refractivity contribution in [3.8, 4) is 0 Å². The fourth-order valence-corrected chi connectivity index (χ4v) is 3.75. The van der Waals surface area contributed by atoms with Gasteiger partial charge in [0.05, 0.1) is 11.5 Å². The Hall–Kier alpha value is -0.670. The van der Waals surface area contributed by atoms with E-state index < -0.39 is 17.1 Å². The summed E-state index contributed by atoms with van der Waals surface area (Å²) in [5, 5.41) is 21.1. The first-order valence-electron chi connectivity index (χ1n) is 6.84. The van der Waals surface area contributed by atoms with Gasteiger partial charge in [0, 0.05) is 0 Å². The van der Waals surface area contributed by atoms with Crippen molar-refractivity contribution in [2.75, 3.05) is 0 Å². The number of hydrogen-bond acceptors (Lipinski definition) is 3. The second-order valence-electron chi connectivity index (χ2n) is 6.54. The van der Waals surface area contributed by atoms with Crippen LogP contribution in [0.15, 0.2) is 12.2 Å². The second kappa shape index (κ2) is 4.17. The van der Waals surface area contributed by atoms with E-state index in [0.29, 0.717) is 12.8 Å². The number of rotatable bonds is 1. The summed E-state index contributed by atoms with van der Waals surface area (Å²) in [7, 11) is 0. The molecule has 0 aromatic heterocycles. The zero-order chi connectivity index (χ0) is 13.7. The van der Waals surface area contributed by atoms with E-state index >= 15 is 0 Å². The van der Waals surface area contributed by atoms with Gasteiger partial charge in [-0.2, -0.15) is 0 Å². The third kappa shape index (κ3) is 1.84. The van der Waals surface area contributed by atoms with Crippen molar-refractivity contribution >= 4 is 5.78 Å². The van der Waals surface area contributed by atoms with E-state index in [1.807, 2.05) is 13.8 Å². The van der Waals surface area contributed by atoms with Gasteiger partial charge in [0.15, 0.2) is 5.78 Å². The number of fused-ring (bicyclic) bond motifs is 1.